The Bertz CT molecular complexity index is 668. The highest BCUT2D eigenvalue weighted by molar-refractivity contribution is 5.70. The fourth-order valence-corrected chi connectivity index (χ4v) is 2.87. The Morgan fingerprint density at radius 1 is 1.35 bits per heavy atom. The Morgan fingerprint density at radius 2 is 2.00 bits per heavy atom. The first kappa shape index (κ1) is 17.2. The summed E-state index contributed by atoms with van der Waals surface area (Å²) in [5.41, 5.74) is 4.31. The summed E-state index contributed by atoms with van der Waals surface area (Å²) in [6, 6.07) is 6.43. The Morgan fingerprint density at radius 3 is 2.48 bits per heavy atom. The van der Waals surface area contributed by atoms with E-state index in [0.717, 1.165) is 24.1 Å². The quantitative estimate of drug-likeness (QED) is 0.657. The van der Waals surface area contributed by atoms with E-state index in [4.69, 9.17) is 4.74 Å². The molecule has 0 fully saturated rings. The van der Waals surface area contributed by atoms with Crippen molar-refractivity contribution in [3.05, 3.63) is 46.8 Å². The Labute approximate surface area is 137 Å². The second-order valence-electron chi connectivity index (χ2n) is 5.87. The lowest BCUT2D eigenvalue weighted by molar-refractivity contribution is -0.131. The molecule has 2 rings (SSSR count). The van der Waals surface area contributed by atoms with Crippen molar-refractivity contribution in [3.8, 4) is 5.75 Å². The molecule has 0 saturated heterocycles. The van der Waals surface area contributed by atoms with Gasteiger partial charge in [-0.3, -0.25) is 9.48 Å². The average molecular weight is 315 g/mol. The van der Waals surface area contributed by atoms with E-state index in [9.17, 15) is 4.79 Å². The van der Waals surface area contributed by atoms with Gasteiger partial charge in [0, 0.05) is 32.8 Å². The zero-order valence-electron chi connectivity index (χ0n) is 14.5. The van der Waals surface area contributed by atoms with Crippen molar-refractivity contribution in [2.45, 2.75) is 46.7 Å². The van der Waals surface area contributed by atoms with Crippen LogP contribution in [-0.2, 0) is 18.4 Å². The molecule has 0 spiro atoms. The molecule has 0 aliphatic rings. The van der Waals surface area contributed by atoms with Crippen LogP contribution in [0.4, 0.5) is 0 Å². The first-order chi connectivity index (χ1) is 10.9. The number of aryl methyl sites for hydroxylation is 3. The van der Waals surface area contributed by atoms with Gasteiger partial charge in [0.15, 0.2) is 0 Å². The van der Waals surface area contributed by atoms with E-state index >= 15 is 0 Å². The van der Waals surface area contributed by atoms with E-state index in [2.05, 4.69) is 29.5 Å². The second-order valence-corrected chi connectivity index (χ2v) is 5.87. The van der Waals surface area contributed by atoms with Crippen LogP contribution < -0.4 is 10.1 Å². The molecule has 0 aliphatic heterocycles. The largest absolute Gasteiger partial charge is 0.426 e. The smallest absolute Gasteiger partial charge is 0.308 e. The van der Waals surface area contributed by atoms with Crippen LogP contribution in [0.3, 0.4) is 0 Å². The maximum atomic E-state index is 11.2. The minimum Gasteiger partial charge on any atom is -0.426 e. The van der Waals surface area contributed by atoms with Crippen LogP contribution in [0.15, 0.2) is 24.4 Å². The molecule has 1 N–H and O–H groups in total. The summed E-state index contributed by atoms with van der Waals surface area (Å²) in [4.78, 5) is 11.2. The summed E-state index contributed by atoms with van der Waals surface area (Å²) in [6.45, 7) is 8.27. The molecule has 23 heavy (non-hydrogen) atoms. The van der Waals surface area contributed by atoms with Gasteiger partial charge in [-0.2, -0.15) is 5.10 Å². The minimum absolute atomic E-state index is 0.260. The molecule has 1 aromatic carbocycles. The van der Waals surface area contributed by atoms with Gasteiger partial charge in [-0.15, -0.1) is 0 Å². The molecule has 5 heteroatoms. The van der Waals surface area contributed by atoms with E-state index in [0.29, 0.717) is 5.75 Å². The topological polar surface area (TPSA) is 56.1 Å². The van der Waals surface area contributed by atoms with Crippen molar-refractivity contribution in [2.75, 3.05) is 0 Å². The summed E-state index contributed by atoms with van der Waals surface area (Å²) in [7, 11) is 1.96. The number of nitrogens with one attached hydrogen (secondary N) is 1. The summed E-state index contributed by atoms with van der Waals surface area (Å²) in [5.74, 6) is 0.379. The molecule has 5 nitrogen and oxygen atoms in total. The molecule has 124 valence electrons. The zero-order chi connectivity index (χ0) is 17.0. The lowest BCUT2D eigenvalue weighted by Gasteiger charge is -2.18. The number of nitrogens with zero attached hydrogens (tertiary/aromatic N) is 2. The number of benzene rings is 1. The van der Waals surface area contributed by atoms with Gasteiger partial charge < -0.3 is 10.1 Å². The van der Waals surface area contributed by atoms with Crippen LogP contribution in [-0.4, -0.2) is 15.7 Å². The second kappa shape index (κ2) is 7.42. The van der Waals surface area contributed by atoms with Crippen LogP contribution in [0, 0.1) is 13.8 Å². The number of carbonyl (C=O) groups excluding carboxylic acids is 1. The Balaban J connectivity index is 2.11. The molecule has 1 aromatic heterocycles. The third-order valence-electron chi connectivity index (χ3n) is 3.94. The van der Waals surface area contributed by atoms with Gasteiger partial charge in [-0.25, -0.2) is 0 Å². The van der Waals surface area contributed by atoms with E-state index in [1.807, 2.05) is 37.8 Å². The van der Waals surface area contributed by atoms with Gasteiger partial charge in [-0.05, 0) is 43.0 Å². The third kappa shape index (κ3) is 4.20. The molecule has 2 aromatic rings. The summed E-state index contributed by atoms with van der Waals surface area (Å²) >= 11 is 0. The summed E-state index contributed by atoms with van der Waals surface area (Å²) in [6.07, 6.45) is 2.81. The number of hydrogen-bond donors (Lipinski definition) is 1. The fourth-order valence-electron chi connectivity index (χ4n) is 2.87. The van der Waals surface area contributed by atoms with Crippen molar-refractivity contribution in [3.63, 3.8) is 0 Å². The van der Waals surface area contributed by atoms with Gasteiger partial charge >= 0.3 is 5.97 Å². The molecular formula is C18H25N3O2. The van der Waals surface area contributed by atoms with Gasteiger partial charge in [0.2, 0.25) is 0 Å². The Hall–Kier alpha value is -2.14. The minimum atomic E-state index is -0.288. The lowest BCUT2D eigenvalue weighted by Crippen LogP contribution is -2.22. The van der Waals surface area contributed by atoms with Crippen LogP contribution in [0.2, 0.25) is 0 Å². The molecule has 0 aliphatic carbocycles. The highest BCUT2D eigenvalue weighted by Crippen LogP contribution is 2.25. The maximum absolute atomic E-state index is 11.2. The number of carbonyl (C=O) groups is 1. The predicted octanol–water partition coefficient (Wildman–Crippen LogP) is 3.20. The fraction of sp³-hybridized carbons (Fsp3) is 0.444. The van der Waals surface area contributed by atoms with Crippen molar-refractivity contribution in [1.29, 1.82) is 0 Å². The Kier molecular flexibility index (Phi) is 5.55. The van der Waals surface area contributed by atoms with Gasteiger partial charge in [0.1, 0.15) is 5.75 Å². The van der Waals surface area contributed by atoms with Crippen molar-refractivity contribution < 1.29 is 9.53 Å². The molecule has 0 radical (unpaired) electrons. The van der Waals surface area contributed by atoms with Crippen LogP contribution in [0.25, 0.3) is 0 Å². The van der Waals surface area contributed by atoms with Crippen molar-refractivity contribution in [1.82, 2.24) is 15.1 Å². The molecule has 0 amide bonds. The van der Waals surface area contributed by atoms with E-state index < -0.39 is 0 Å². The maximum Gasteiger partial charge on any atom is 0.308 e. The first-order valence-electron chi connectivity index (χ1n) is 7.92. The highest BCUT2D eigenvalue weighted by atomic mass is 16.5. The third-order valence-corrected chi connectivity index (χ3v) is 3.94. The van der Waals surface area contributed by atoms with Gasteiger partial charge in [-0.1, -0.05) is 19.1 Å². The lowest BCUT2D eigenvalue weighted by atomic mass is 10.0. The van der Waals surface area contributed by atoms with E-state index in [1.54, 1.807) is 0 Å². The van der Waals surface area contributed by atoms with Gasteiger partial charge in [0.05, 0.1) is 5.69 Å². The molecule has 1 atom stereocenters. The van der Waals surface area contributed by atoms with Crippen molar-refractivity contribution in [2.24, 2.45) is 7.05 Å². The number of hydrogen-bond acceptors (Lipinski definition) is 4. The molecule has 0 bridgehead atoms. The van der Waals surface area contributed by atoms with Gasteiger partial charge in [0.25, 0.3) is 0 Å². The molecule has 0 unspecified atom stereocenters. The highest BCUT2D eigenvalue weighted by Gasteiger charge is 2.13. The number of rotatable bonds is 6. The summed E-state index contributed by atoms with van der Waals surface area (Å²) < 4.78 is 7.19. The van der Waals surface area contributed by atoms with Crippen molar-refractivity contribution >= 4 is 5.97 Å². The normalized spacial score (nSPS) is 12.2. The number of aromatic nitrogens is 2. The monoisotopic (exact) mass is 315 g/mol. The standard InChI is InChI=1S/C18H25N3O2/c1-6-16(17-7-8-20-21(17)5)19-11-15-9-12(2)18(13(3)10-15)23-14(4)22/h7-10,16,19H,6,11H2,1-5H3/t16-/m1/s1. The number of ether oxygens (including phenoxy) is 1. The zero-order valence-corrected chi connectivity index (χ0v) is 14.5. The van der Waals surface area contributed by atoms with Crippen LogP contribution in [0.1, 0.15) is 48.7 Å². The number of esters is 1. The first-order valence-corrected chi connectivity index (χ1v) is 7.92. The predicted molar refractivity (Wildman–Crippen MR) is 90.3 cm³/mol. The van der Waals surface area contributed by atoms with Crippen LogP contribution >= 0.6 is 0 Å². The molecule has 1 heterocycles. The SMILES string of the molecule is CC[C@@H](NCc1cc(C)c(OC(C)=O)c(C)c1)c1ccnn1C. The van der Waals surface area contributed by atoms with E-state index in [-0.39, 0.29) is 12.0 Å². The summed E-state index contributed by atoms with van der Waals surface area (Å²) in [5, 5.41) is 7.81. The van der Waals surface area contributed by atoms with Crippen LogP contribution in [0.5, 0.6) is 5.75 Å². The van der Waals surface area contributed by atoms with E-state index in [1.165, 1.54) is 18.2 Å². The molecular weight excluding hydrogens is 290 g/mol. The average Bonchev–Trinajstić information content (AvgIpc) is 2.90. The molecule has 0 saturated carbocycles.